The lowest BCUT2D eigenvalue weighted by Crippen LogP contribution is -2.60. The smallest absolute Gasteiger partial charge is 0.116 e. The number of unbranched alkanes of at least 4 members (excludes halogenated alkanes) is 48. The normalized spacial score (nSPS) is 13.9. The van der Waals surface area contributed by atoms with Crippen molar-refractivity contribution in [1.82, 2.24) is 0 Å². The Labute approximate surface area is 485 Å². The molecule has 77 heavy (non-hydrogen) atoms. The van der Waals surface area contributed by atoms with Gasteiger partial charge in [-0.15, -0.1) is 0 Å². The molecule has 0 heterocycles. The van der Waals surface area contributed by atoms with E-state index in [-0.39, 0.29) is 13.2 Å². The SMILES string of the molecule is CCCCCCCCCCCC(O)(CCCCCCCCCCC)C(O)(CCCCCCCCCCC)COCC(O)(CCCCCCCCCCC)C(O)(CCCCCCCCCCC)CCCCCCCCCCC. The first-order valence-electron chi connectivity index (χ1n) is 36.0. The summed E-state index contributed by atoms with van der Waals surface area (Å²) in [5.41, 5.74) is -5.35. The van der Waals surface area contributed by atoms with Crippen LogP contribution in [0.1, 0.15) is 427 Å². The largest absolute Gasteiger partial charge is 0.387 e. The van der Waals surface area contributed by atoms with Gasteiger partial charge in [0.1, 0.15) is 11.2 Å². The molecule has 0 aromatic heterocycles. The maximum Gasteiger partial charge on any atom is 0.116 e. The highest BCUT2D eigenvalue weighted by atomic mass is 16.5. The second-order valence-corrected chi connectivity index (χ2v) is 26.1. The van der Waals surface area contributed by atoms with Gasteiger partial charge in [0.15, 0.2) is 0 Å². The molecule has 0 amide bonds. The zero-order valence-corrected chi connectivity index (χ0v) is 54.0. The highest BCUT2D eigenvalue weighted by molar-refractivity contribution is 5.03. The topological polar surface area (TPSA) is 90.2 Å². The number of ether oxygens (including phenoxy) is 1. The number of rotatable bonds is 66. The van der Waals surface area contributed by atoms with Crippen LogP contribution in [-0.4, -0.2) is 56.0 Å². The summed E-state index contributed by atoms with van der Waals surface area (Å²) in [6.45, 7) is 13.7. The van der Waals surface area contributed by atoms with Crippen LogP contribution >= 0.6 is 0 Å². The van der Waals surface area contributed by atoms with Crippen molar-refractivity contribution in [3.05, 3.63) is 0 Å². The van der Waals surface area contributed by atoms with E-state index in [4.69, 9.17) is 4.74 Å². The molecule has 2 atom stereocenters. The van der Waals surface area contributed by atoms with Crippen LogP contribution in [0.2, 0.25) is 0 Å². The van der Waals surface area contributed by atoms with Gasteiger partial charge in [-0.25, -0.2) is 0 Å². The van der Waals surface area contributed by atoms with Crippen molar-refractivity contribution in [1.29, 1.82) is 0 Å². The van der Waals surface area contributed by atoms with Gasteiger partial charge in [-0.2, -0.15) is 0 Å². The zero-order valence-electron chi connectivity index (χ0n) is 54.0. The molecule has 0 spiro atoms. The summed E-state index contributed by atoms with van der Waals surface area (Å²) in [5.74, 6) is 0. The van der Waals surface area contributed by atoms with Gasteiger partial charge in [-0.05, 0) is 38.5 Å². The third-order valence-corrected chi connectivity index (χ3v) is 18.6. The Hall–Kier alpha value is -0.200. The monoisotopic (exact) mass is 1090 g/mol. The zero-order chi connectivity index (χ0) is 56.5. The standard InChI is InChI=1S/C72H146O5/c1-7-13-19-25-31-37-43-49-55-61-69(73,62-56-50-44-38-32-26-20-14-8-2)71(75,65-59-53-47-41-35-29-23-17-11-5)67-77-68-72(76,66-60-54-48-42-36-30-24-18-12-6)70(74,63-57-51-45-39-33-27-21-15-9-3)64-58-52-46-40-34-28-22-16-10-4/h73-76H,7-68H2,1-6H3. The lowest BCUT2D eigenvalue weighted by Gasteiger charge is -2.47. The van der Waals surface area contributed by atoms with E-state index in [0.29, 0.717) is 38.5 Å². The average Bonchev–Trinajstić information content (AvgIpc) is 3.42. The number of hydrogen-bond donors (Lipinski definition) is 4. The van der Waals surface area contributed by atoms with Gasteiger partial charge in [-0.3, -0.25) is 0 Å². The average molecular weight is 1090 g/mol. The fourth-order valence-corrected chi connectivity index (χ4v) is 12.8. The van der Waals surface area contributed by atoms with Gasteiger partial charge in [0.05, 0.1) is 24.4 Å². The summed E-state index contributed by atoms with van der Waals surface area (Å²) in [7, 11) is 0. The first kappa shape index (κ1) is 76.8. The van der Waals surface area contributed by atoms with Gasteiger partial charge >= 0.3 is 0 Å². The maximum absolute atomic E-state index is 13.3. The minimum Gasteiger partial charge on any atom is -0.387 e. The predicted octanol–water partition coefficient (Wildman–Crippen LogP) is 23.5. The fraction of sp³-hybridized carbons (Fsp3) is 1.00. The van der Waals surface area contributed by atoms with Crippen LogP contribution in [0.3, 0.4) is 0 Å². The highest BCUT2D eigenvalue weighted by Crippen LogP contribution is 2.41. The molecular weight excluding hydrogens is 945 g/mol. The molecule has 5 heteroatoms. The van der Waals surface area contributed by atoms with Crippen molar-refractivity contribution in [2.24, 2.45) is 0 Å². The van der Waals surface area contributed by atoms with Gasteiger partial charge in [0, 0.05) is 0 Å². The second kappa shape index (κ2) is 56.3. The molecule has 4 N–H and O–H groups in total. The fourth-order valence-electron chi connectivity index (χ4n) is 12.8. The van der Waals surface area contributed by atoms with Crippen molar-refractivity contribution in [2.75, 3.05) is 13.2 Å². The molecular formula is C72H146O5. The van der Waals surface area contributed by atoms with Crippen LogP contribution in [0, 0.1) is 0 Å². The number of aliphatic hydroxyl groups is 4. The number of hydrogen-bond acceptors (Lipinski definition) is 5. The molecule has 464 valence electrons. The van der Waals surface area contributed by atoms with Crippen LogP contribution in [-0.2, 0) is 4.74 Å². The Morgan fingerprint density at radius 2 is 0.286 bits per heavy atom. The van der Waals surface area contributed by atoms with E-state index in [1.807, 2.05) is 0 Å². The Bertz CT molecular complexity index is 1010. The van der Waals surface area contributed by atoms with Crippen molar-refractivity contribution in [3.63, 3.8) is 0 Å². The summed E-state index contributed by atoms with van der Waals surface area (Å²) >= 11 is 0. The Morgan fingerprint density at radius 1 is 0.169 bits per heavy atom. The van der Waals surface area contributed by atoms with E-state index in [2.05, 4.69) is 41.5 Å². The van der Waals surface area contributed by atoms with Crippen LogP contribution in [0.5, 0.6) is 0 Å². The highest BCUT2D eigenvalue weighted by Gasteiger charge is 2.51. The van der Waals surface area contributed by atoms with E-state index in [1.54, 1.807) is 0 Å². The first-order valence-corrected chi connectivity index (χ1v) is 36.0. The molecule has 0 bridgehead atoms. The minimum atomic E-state index is -1.42. The predicted molar refractivity (Wildman–Crippen MR) is 342 cm³/mol. The van der Waals surface area contributed by atoms with Crippen LogP contribution in [0.4, 0.5) is 0 Å². The minimum absolute atomic E-state index is 0.0155. The Morgan fingerprint density at radius 3 is 0.429 bits per heavy atom. The van der Waals surface area contributed by atoms with Gasteiger partial charge in [0.2, 0.25) is 0 Å². The second-order valence-electron chi connectivity index (χ2n) is 26.1. The molecule has 0 fully saturated rings. The van der Waals surface area contributed by atoms with Crippen LogP contribution < -0.4 is 0 Å². The summed E-state index contributed by atoms with van der Waals surface area (Å²) < 4.78 is 6.87. The first-order chi connectivity index (χ1) is 37.6. The molecule has 0 aromatic carbocycles. The molecule has 0 radical (unpaired) electrons. The van der Waals surface area contributed by atoms with Gasteiger partial charge < -0.3 is 25.2 Å². The van der Waals surface area contributed by atoms with Crippen molar-refractivity contribution >= 4 is 0 Å². The third-order valence-electron chi connectivity index (χ3n) is 18.6. The van der Waals surface area contributed by atoms with Crippen LogP contribution in [0.25, 0.3) is 0 Å². The lowest BCUT2D eigenvalue weighted by atomic mass is 9.72. The summed E-state index contributed by atoms with van der Waals surface area (Å²) in [4.78, 5) is 0. The third kappa shape index (κ3) is 43.2. The van der Waals surface area contributed by atoms with E-state index >= 15 is 0 Å². The van der Waals surface area contributed by atoms with Crippen molar-refractivity contribution in [2.45, 2.75) is 449 Å². The van der Waals surface area contributed by atoms with Crippen molar-refractivity contribution < 1.29 is 25.2 Å². The summed E-state index contributed by atoms with van der Waals surface area (Å²) in [6.07, 6.45) is 69.3. The molecule has 0 aromatic rings. The van der Waals surface area contributed by atoms with Crippen molar-refractivity contribution in [3.8, 4) is 0 Å². The summed E-state index contributed by atoms with van der Waals surface area (Å²) in [6, 6.07) is 0. The van der Waals surface area contributed by atoms with E-state index in [9.17, 15) is 20.4 Å². The van der Waals surface area contributed by atoms with Crippen LogP contribution in [0.15, 0.2) is 0 Å². The van der Waals surface area contributed by atoms with Gasteiger partial charge in [0.25, 0.3) is 0 Å². The molecule has 0 rings (SSSR count). The molecule has 0 aliphatic rings. The quantitative estimate of drug-likeness (QED) is 0.0456. The molecule has 0 aliphatic carbocycles. The molecule has 2 unspecified atom stereocenters. The van der Waals surface area contributed by atoms with E-state index in [1.165, 1.54) is 270 Å². The van der Waals surface area contributed by atoms with Gasteiger partial charge in [-0.1, -0.05) is 388 Å². The van der Waals surface area contributed by atoms with E-state index in [0.717, 1.165) is 77.0 Å². The molecule has 5 nitrogen and oxygen atoms in total. The van der Waals surface area contributed by atoms with E-state index < -0.39 is 22.4 Å². The summed E-state index contributed by atoms with van der Waals surface area (Å²) in [5, 5.41) is 53.0. The molecule has 0 saturated carbocycles. The molecule has 0 aliphatic heterocycles. The maximum atomic E-state index is 13.3. The Balaban J connectivity index is 6.71. The molecule has 0 saturated heterocycles. The lowest BCUT2D eigenvalue weighted by molar-refractivity contribution is -0.225. The Kier molecular flexibility index (Phi) is 56.1.